The molecule has 0 radical (unpaired) electrons. The number of Topliss-reactive ketones (excluding diaryl/α,β-unsaturated/α-hetero) is 1. The molecular weight excluding hydrogens is 388 g/mol. The normalized spacial score (nSPS) is 18.9. The maximum Gasteiger partial charge on any atom is 0.167 e. The van der Waals surface area contributed by atoms with E-state index in [1.807, 2.05) is 25.1 Å². The molecule has 1 N–H and O–H groups in total. The Labute approximate surface area is 176 Å². The molecule has 4 nitrogen and oxygen atoms in total. The van der Waals surface area contributed by atoms with E-state index in [1.165, 1.54) is 0 Å². The summed E-state index contributed by atoms with van der Waals surface area (Å²) < 4.78 is 11.4. The van der Waals surface area contributed by atoms with Crippen molar-refractivity contribution in [2.24, 2.45) is 5.41 Å². The third-order valence-electron chi connectivity index (χ3n) is 5.98. The Morgan fingerprint density at radius 1 is 1.07 bits per heavy atom. The lowest BCUT2D eigenvalue weighted by Gasteiger charge is -2.39. The molecule has 1 aliphatic carbocycles. The number of aliphatic hydroxyl groups excluding tert-OH is 1. The molecule has 4 rings (SSSR count). The van der Waals surface area contributed by atoms with Crippen LogP contribution >= 0.6 is 11.6 Å². The Bertz CT molecular complexity index is 940. The van der Waals surface area contributed by atoms with Crippen molar-refractivity contribution in [3.05, 3.63) is 64.4 Å². The van der Waals surface area contributed by atoms with Crippen LogP contribution in [0, 0.1) is 5.41 Å². The first kappa shape index (κ1) is 20.0. The van der Waals surface area contributed by atoms with Gasteiger partial charge < -0.3 is 14.6 Å². The van der Waals surface area contributed by atoms with E-state index >= 15 is 0 Å². The molecule has 1 heterocycles. The quantitative estimate of drug-likeness (QED) is 0.656. The summed E-state index contributed by atoms with van der Waals surface area (Å²) in [5, 5.41) is 11.5. The number of rotatable bonds is 4. The molecule has 0 bridgehead atoms. The first-order valence-corrected chi connectivity index (χ1v) is 10.5. The lowest BCUT2D eigenvalue weighted by atomic mass is 9.67. The van der Waals surface area contributed by atoms with Gasteiger partial charge in [0.15, 0.2) is 5.78 Å². The van der Waals surface area contributed by atoms with Crippen molar-refractivity contribution >= 4 is 23.0 Å². The van der Waals surface area contributed by atoms with Crippen LogP contribution in [0.15, 0.2) is 48.2 Å². The standard InChI is InChI=1S/C24H25ClO4/c1-2-16-3-6-19(29-18-7-4-17(25)5-8-18)13-20(16)23-21(26)14-24(15-22(23)27)9-11-28-12-10-24/h3-8,13,26H,2,9-12,14-15H2,1H3. The van der Waals surface area contributed by atoms with Gasteiger partial charge in [0.1, 0.15) is 17.3 Å². The highest BCUT2D eigenvalue weighted by molar-refractivity contribution is 6.30. The van der Waals surface area contributed by atoms with Crippen LogP contribution in [0.2, 0.25) is 5.02 Å². The van der Waals surface area contributed by atoms with Crippen molar-refractivity contribution in [3.8, 4) is 11.5 Å². The fourth-order valence-corrected chi connectivity index (χ4v) is 4.48. The maximum absolute atomic E-state index is 13.1. The summed E-state index contributed by atoms with van der Waals surface area (Å²) in [7, 11) is 0. The average Bonchev–Trinajstić information content (AvgIpc) is 2.70. The van der Waals surface area contributed by atoms with Crippen molar-refractivity contribution < 1.29 is 19.4 Å². The first-order valence-electron chi connectivity index (χ1n) is 10.1. The third-order valence-corrected chi connectivity index (χ3v) is 6.23. The third kappa shape index (κ3) is 4.19. The van der Waals surface area contributed by atoms with Crippen molar-refractivity contribution in [1.82, 2.24) is 0 Å². The summed E-state index contributed by atoms with van der Waals surface area (Å²) in [6.45, 7) is 3.35. The summed E-state index contributed by atoms with van der Waals surface area (Å²) in [4.78, 5) is 13.1. The summed E-state index contributed by atoms with van der Waals surface area (Å²) in [5.41, 5.74) is 2.07. The molecule has 29 heavy (non-hydrogen) atoms. The lowest BCUT2D eigenvalue weighted by Crippen LogP contribution is -2.36. The minimum atomic E-state index is -0.160. The van der Waals surface area contributed by atoms with Crippen molar-refractivity contribution in [1.29, 1.82) is 0 Å². The molecule has 2 aromatic rings. The second-order valence-corrected chi connectivity index (χ2v) is 8.38. The van der Waals surface area contributed by atoms with Gasteiger partial charge in [-0.05, 0) is 72.2 Å². The van der Waals surface area contributed by atoms with E-state index in [1.54, 1.807) is 24.3 Å². The van der Waals surface area contributed by atoms with Gasteiger partial charge in [-0.15, -0.1) is 0 Å². The number of halogens is 1. The van der Waals surface area contributed by atoms with Crippen LogP contribution in [-0.2, 0) is 16.0 Å². The van der Waals surface area contributed by atoms with Gasteiger partial charge in [0, 0.05) is 31.1 Å². The number of aliphatic hydroxyl groups is 1. The number of allylic oxidation sites excluding steroid dienone is 2. The molecule has 0 atom stereocenters. The fraction of sp³-hybridized carbons (Fsp3) is 0.375. The Morgan fingerprint density at radius 3 is 2.41 bits per heavy atom. The fourth-order valence-electron chi connectivity index (χ4n) is 4.36. The van der Waals surface area contributed by atoms with E-state index in [0.29, 0.717) is 48.2 Å². The van der Waals surface area contributed by atoms with Gasteiger partial charge >= 0.3 is 0 Å². The second-order valence-electron chi connectivity index (χ2n) is 7.94. The Hall–Kier alpha value is -2.30. The highest BCUT2D eigenvalue weighted by atomic mass is 35.5. The smallest absolute Gasteiger partial charge is 0.167 e. The molecule has 1 aliphatic heterocycles. The predicted molar refractivity (Wildman–Crippen MR) is 114 cm³/mol. The van der Waals surface area contributed by atoms with Gasteiger partial charge in [-0.3, -0.25) is 4.79 Å². The zero-order valence-electron chi connectivity index (χ0n) is 16.5. The second kappa shape index (κ2) is 8.21. The first-order chi connectivity index (χ1) is 14.0. The van der Waals surface area contributed by atoms with Crippen LogP contribution in [0.1, 0.15) is 43.7 Å². The molecule has 1 fully saturated rings. The molecule has 152 valence electrons. The van der Waals surface area contributed by atoms with Crippen molar-refractivity contribution in [2.75, 3.05) is 13.2 Å². The zero-order valence-corrected chi connectivity index (χ0v) is 17.3. The molecule has 1 spiro atoms. The molecule has 2 aliphatic rings. The summed E-state index contributed by atoms with van der Waals surface area (Å²) in [6.07, 6.45) is 3.39. The number of benzene rings is 2. The highest BCUT2D eigenvalue weighted by Gasteiger charge is 2.41. The SMILES string of the molecule is CCc1ccc(Oc2ccc(Cl)cc2)cc1C1=C(O)CC2(CCOCC2)CC1=O. The minimum absolute atomic E-state index is 0.00833. The van der Waals surface area contributed by atoms with E-state index in [2.05, 4.69) is 0 Å². The van der Waals surface area contributed by atoms with Crippen LogP contribution in [0.25, 0.3) is 5.57 Å². The molecular formula is C24H25ClO4. The number of aryl methyl sites for hydroxylation is 1. The number of hydrogen-bond acceptors (Lipinski definition) is 4. The van der Waals surface area contributed by atoms with Crippen molar-refractivity contribution in [2.45, 2.75) is 39.0 Å². The summed E-state index contributed by atoms with van der Waals surface area (Å²) in [6, 6.07) is 12.9. The van der Waals surface area contributed by atoms with Gasteiger partial charge in [0.05, 0.1) is 5.57 Å². The number of ether oxygens (including phenoxy) is 2. The van der Waals surface area contributed by atoms with E-state index in [4.69, 9.17) is 21.1 Å². The van der Waals surface area contributed by atoms with Gasteiger partial charge in [0.2, 0.25) is 0 Å². The molecule has 0 aromatic heterocycles. The van der Waals surface area contributed by atoms with E-state index in [0.717, 1.165) is 30.4 Å². The molecule has 2 aromatic carbocycles. The molecule has 0 unspecified atom stereocenters. The Balaban J connectivity index is 1.68. The zero-order chi connectivity index (χ0) is 20.4. The highest BCUT2D eigenvalue weighted by Crippen LogP contribution is 2.47. The predicted octanol–water partition coefficient (Wildman–Crippen LogP) is 6.12. The lowest BCUT2D eigenvalue weighted by molar-refractivity contribution is -0.118. The average molecular weight is 413 g/mol. The topological polar surface area (TPSA) is 55.8 Å². The van der Waals surface area contributed by atoms with Crippen LogP contribution < -0.4 is 4.74 Å². The number of carbonyl (C=O) groups is 1. The van der Waals surface area contributed by atoms with E-state index < -0.39 is 0 Å². The Kier molecular flexibility index (Phi) is 5.66. The van der Waals surface area contributed by atoms with E-state index in [-0.39, 0.29) is 17.0 Å². The number of carbonyl (C=O) groups excluding carboxylic acids is 1. The van der Waals surface area contributed by atoms with Crippen LogP contribution in [-0.4, -0.2) is 24.1 Å². The van der Waals surface area contributed by atoms with E-state index in [9.17, 15) is 9.90 Å². The van der Waals surface area contributed by atoms with Crippen LogP contribution in [0.5, 0.6) is 11.5 Å². The molecule has 5 heteroatoms. The van der Waals surface area contributed by atoms with Crippen molar-refractivity contribution in [3.63, 3.8) is 0 Å². The minimum Gasteiger partial charge on any atom is -0.512 e. The summed E-state index contributed by atoms with van der Waals surface area (Å²) in [5.74, 6) is 1.49. The maximum atomic E-state index is 13.1. The molecule has 1 saturated heterocycles. The number of ketones is 1. The van der Waals surface area contributed by atoms with Crippen LogP contribution in [0.3, 0.4) is 0 Å². The van der Waals surface area contributed by atoms with Gasteiger partial charge in [-0.25, -0.2) is 0 Å². The van der Waals surface area contributed by atoms with Gasteiger partial charge in [-0.1, -0.05) is 24.6 Å². The molecule has 0 saturated carbocycles. The van der Waals surface area contributed by atoms with Gasteiger partial charge in [0.25, 0.3) is 0 Å². The monoisotopic (exact) mass is 412 g/mol. The van der Waals surface area contributed by atoms with Gasteiger partial charge in [-0.2, -0.15) is 0 Å². The Morgan fingerprint density at radius 2 is 1.76 bits per heavy atom. The number of hydrogen-bond donors (Lipinski definition) is 1. The largest absolute Gasteiger partial charge is 0.512 e. The molecule has 0 amide bonds. The summed E-state index contributed by atoms with van der Waals surface area (Å²) >= 11 is 5.94. The van der Waals surface area contributed by atoms with Crippen LogP contribution in [0.4, 0.5) is 0 Å².